The van der Waals surface area contributed by atoms with Crippen molar-refractivity contribution >= 4 is 23.3 Å². The summed E-state index contributed by atoms with van der Waals surface area (Å²) in [5.74, 6) is -0.702. The van der Waals surface area contributed by atoms with E-state index in [0.717, 1.165) is 25.3 Å². The van der Waals surface area contributed by atoms with Crippen LogP contribution in [0.25, 0.3) is 0 Å². The van der Waals surface area contributed by atoms with Crippen molar-refractivity contribution in [2.75, 3.05) is 7.11 Å². The highest BCUT2D eigenvalue weighted by atomic mass is 35.5. The highest BCUT2D eigenvalue weighted by molar-refractivity contribution is 6.32. The minimum Gasteiger partial charge on any atom is -0.469 e. The molecule has 0 saturated carbocycles. The van der Waals surface area contributed by atoms with Crippen molar-refractivity contribution in [3.63, 3.8) is 0 Å². The minimum absolute atomic E-state index is 0.0300. The predicted octanol–water partition coefficient (Wildman–Crippen LogP) is 4.77. The van der Waals surface area contributed by atoms with E-state index in [1.165, 1.54) is 12.1 Å². The van der Waals surface area contributed by atoms with Crippen LogP contribution in [0.1, 0.15) is 11.1 Å². The van der Waals surface area contributed by atoms with Crippen LogP contribution in [0, 0.1) is 10.1 Å². The summed E-state index contributed by atoms with van der Waals surface area (Å²) in [6.45, 7) is 0. The number of carbonyl (C=O) groups excluding carboxylic acids is 1. The van der Waals surface area contributed by atoms with E-state index in [2.05, 4.69) is 4.74 Å². The fourth-order valence-electron chi connectivity index (χ4n) is 2.06. The van der Waals surface area contributed by atoms with Crippen LogP contribution in [0.15, 0.2) is 36.4 Å². The fourth-order valence-corrected chi connectivity index (χ4v) is 2.28. The van der Waals surface area contributed by atoms with Gasteiger partial charge in [0, 0.05) is 11.6 Å². The molecule has 0 aliphatic rings. The maximum absolute atomic E-state index is 12.6. The second-order valence-electron chi connectivity index (χ2n) is 5.05. The molecule has 2 rings (SSSR count). The molecule has 10 heteroatoms. The number of halogens is 4. The normalized spacial score (nSPS) is 11.1. The number of nitro groups is 1. The van der Waals surface area contributed by atoms with Crippen molar-refractivity contribution in [1.82, 2.24) is 0 Å². The summed E-state index contributed by atoms with van der Waals surface area (Å²) in [7, 11) is 1.14. The summed E-state index contributed by atoms with van der Waals surface area (Å²) in [6.07, 6.45) is -4.92. The van der Waals surface area contributed by atoms with Gasteiger partial charge in [0.2, 0.25) is 0 Å². The Morgan fingerprint density at radius 3 is 2.46 bits per heavy atom. The van der Waals surface area contributed by atoms with Gasteiger partial charge in [0.1, 0.15) is 11.5 Å². The van der Waals surface area contributed by atoms with Crippen molar-refractivity contribution < 1.29 is 32.4 Å². The number of ether oxygens (including phenoxy) is 2. The Kier molecular flexibility index (Phi) is 5.71. The largest absolute Gasteiger partial charge is 0.469 e. The molecule has 0 radical (unpaired) electrons. The standard InChI is InChI=1S/C16H11ClF3NO5/c1-25-15(22)7-9-6-11(3-4-13(9)21(23)24)26-14-5-2-10(8-12(14)17)16(18,19)20/h2-6,8H,7H2,1H3. The Morgan fingerprint density at radius 2 is 1.92 bits per heavy atom. The number of hydrogen-bond acceptors (Lipinski definition) is 5. The van der Waals surface area contributed by atoms with E-state index >= 15 is 0 Å². The zero-order chi connectivity index (χ0) is 19.5. The Hall–Kier alpha value is -2.81. The van der Waals surface area contributed by atoms with E-state index in [-0.39, 0.29) is 34.2 Å². The molecule has 26 heavy (non-hydrogen) atoms. The van der Waals surface area contributed by atoms with E-state index in [1.807, 2.05) is 0 Å². The van der Waals surface area contributed by atoms with Gasteiger partial charge in [-0.1, -0.05) is 11.6 Å². The lowest BCUT2D eigenvalue weighted by Gasteiger charge is -2.12. The van der Waals surface area contributed by atoms with Crippen molar-refractivity contribution in [1.29, 1.82) is 0 Å². The number of alkyl halides is 3. The quantitative estimate of drug-likeness (QED) is 0.418. The first-order chi connectivity index (χ1) is 12.1. The number of benzene rings is 2. The van der Waals surface area contributed by atoms with Gasteiger partial charge < -0.3 is 9.47 Å². The summed E-state index contributed by atoms with van der Waals surface area (Å²) in [5.41, 5.74) is -1.23. The van der Waals surface area contributed by atoms with Gasteiger partial charge in [-0.05, 0) is 30.3 Å². The molecule has 0 unspecified atom stereocenters. The molecule has 0 aliphatic carbocycles. The number of esters is 1. The maximum Gasteiger partial charge on any atom is 0.416 e. The van der Waals surface area contributed by atoms with Gasteiger partial charge in [0.15, 0.2) is 0 Å². The Morgan fingerprint density at radius 1 is 1.23 bits per heavy atom. The number of methoxy groups -OCH3 is 1. The second kappa shape index (κ2) is 7.61. The van der Waals surface area contributed by atoms with Crippen LogP contribution in [0.4, 0.5) is 18.9 Å². The molecule has 0 saturated heterocycles. The average molecular weight is 390 g/mol. The predicted molar refractivity (Wildman–Crippen MR) is 85.3 cm³/mol. The van der Waals surface area contributed by atoms with Gasteiger partial charge in [-0.3, -0.25) is 14.9 Å². The molecule has 0 aromatic heterocycles. The summed E-state index contributed by atoms with van der Waals surface area (Å²) >= 11 is 5.81. The highest BCUT2D eigenvalue weighted by Crippen LogP contribution is 2.37. The maximum atomic E-state index is 12.6. The molecule has 0 N–H and O–H groups in total. The van der Waals surface area contributed by atoms with E-state index in [9.17, 15) is 28.1 Å². The van der Waals surface area contributed by atoms with Gasteiger partial charge in [-0.25, -0.2) is 0 Å². The van der Waals surface area contributed by atoms with Crippen LogP contribution in [-0.2, 0) is 22.1 Å². The molecule has 0 atom stereocenters. The third-order valence-corrected chi connectivity index (χ3v) is 3.59. The van der Waals surface area contributed by atoms with Gasteiger partial charge in [0.25, 0.3) is 5.69 Å². The number of nitro benzene ring substituents is 1. The highest BCUT2D eigenvalue weighted by Gasteiger charge is 2.31. The topological polar surface area (TPSA) is 78.7 Å². The lowest BCUT2D eigenvalue weighted by Crippen LogP contribution is -2.07. The van der Waals surface area contributed by atoms with E-state index in [4.69, 9.17) is 16.3 Å². The number of nitrogens with zero attached hydrogens (tertiary/aromatic N) is 1. The summed E-state index contributed by atoms with van der Waals surface area (Å²) in [4.78, 5) is 21.8. The third kappa shape index (κ3) is 4.63. The monoisotopic (exact) mass is 389 g/mol. The summed E-state index contributed by atoms with van der Waals surface area (Å²) in [6, 6.07) is 6.12. The lowest BCUT2D eigenvalue weighted by atomic mass is 10.1. The second-order valence-corrected chi connectivity index (χ2v) is 5.45. The summed E-state index contributed by atoms with van der Waals surface area (Å²) < 4.78 is 47.8. The molecule has 0 spiro atoms. The molecular weight excluding hydrogens is 379 g/mol. The lowest BCUT2D eigenvalue weighted by molar-refractivity contribution is -0.385. The number of carbonyl (C=O) groups is 1. The fraction of sp³-hybridized carbons (Fsp3) is 0.188. The number of hydrogen-bond donors (Lipinski definition) is 0. The van der Waals surface area contributed by atoms with Crippen molar-refractivity contribution in [2.45, 2.75) is 12.6 Å². The average Bonchev–Trinajstić information content (AvgIpc) is 2.55. The molecule has 0 fully saturated rings. The molecule has 6 nitrogen and oxygen atoms in total. The molecule has 2 aromatic carbocycles. The van der Waals surface area contributed by atoms with Gasteiger partial charge in [-0.2, -0.15) is 13.2 Å². The Labute approximate surface area is 150 Å². The van der Waals surface area contributed by atoms with Gasteiger partial charge in [0.05, 0.1) is 29.0 Å². The Bertz CT molecular complexity index is 854. The number of rotatable bonds is 5. The van der Waals surface area contributed by atoms with Crippen LogP contribution in [-0.4, -0.2) is 18.0 Å². The van der Waals surface area contributed by atoms with E-state index < -0.39 is 22.6 Å². The molecule has 0 heterocycles. The van der Waals surface area contributed by atoms with Crippen LogP contribution in [0.5, 0.6) is 11.5 Å². The smallest absolute Gasteiger partial charge is 0.416 e. The SMILES string of the molecule is COC(=O)Cc1cc(Oc2ccc(C(F)(F)F)cc2Cl)ccc1[N+](=O)[O-]. The molecule has 0 bridgehead atoms. The zero-order valence-corrected chi connectivity index (χ0v) is 13.9. The van der Waals surface area contributed by atoms with Crippen molar-refractivity contribution in [3.05, 3.63) is 62.7 Å². The van der Waals surface area contributed by atoms with Crippen LogP contribution >= 0.6 is 11.6 Å². The van der Waals surface area contributed by atoms with Crippen LogP contribution < -0.4 is 4.74 Å². The van der Waals surface area contributed by atoms with Gasteiger partial charge >= 0.3 is 12.1 Å². The molecule has 0 aliphatic heterocycles. The Balaban J connectivity index is 2.33. The zero-order valence-electron chi connectivity index (χ0n) is 13.2. The molecular formula is C16H11ClF3NO5. The minimum atomic E-state index is -4.55. The molecule has 2 aromatic rings. The van der Waals surface area contributed by atoms with E-state index in [0.29, 0.717) is 6.07 Å². The first kappa shape index (κ1) is 19.5. The summed E-state index contributed by atoms with van der Waals surface area (Å²) in [5, 5.41) is 10.7. The van der Waals surface area contributed by atoms with Crippen molar-refractivity contribution in [2.24, 2.45) is 0 Å². The molecule has 0 amide bonds. The van der Waals surface area contributed by atoms with Crippen molar-refractivity contribution in [3.8, 4) is 11.5 Å². The van der Waals surface area contributed by atoms with Crippen LogP contribution in [0.3, 0.4) is 0 Å². The third-order valence-electron chi connectivity index (χ3n) is 3.30. The molecule has 138 valence electrons. The first-order valence-corrected chi connectivity index (χ1v) is 7.38. The first-order valence-electron chi connectivity index (χ1n) is 7.00. The van der Waals surface area contributed by atoms with E-state index in [1.54, 1.807) is 0 Å². The van der Waals surface area contributed by atoms with Crippen LogP contribution in [0.2, 0.25) is 5.02 Å². The van der Waals surface area contributed by atoms with Gasteiger partial charge in [-0.15, -0.1) is 0 Å².